The molecule has 1 saturated heterocycles. The van der Waals surface area contributed by atoms with Gasteiger partial charge in [0.05, 0.1) is 0 Å². The van der Waals surface area contributed by atoms with E-state index in [0.29, 0.717) is 0 Å². The maximum atomic E-state index is 10.6. The van der Waals surface area contributed by atoms with Crippen LogP contribution in [0.15, 0.2) is 0 Å². The van der Waals surface area contributed by atoms with Crippen LogP contribution in [0.2, 0.25) is 0 Å². The molecule has 0 aromatic carbocycles. The highest BCUT2D eigenvalue weighted by atomic mass is 16.5. The molecule has 0 aromatic heterocycles. The molecule has 0 atom stereocenters. The Morgan fingerprint density at radius 3 is 2.42 bits per heavy atom. The molecule has 1 aliphatic heterocycles. The molecular formula is C6H14N4O2. The molecule has 0 radical (unpaired) electrons. The van der Waals surface area contributed by atoms with Gasteiger partial charge >= 0.3 is 6.03 Å². The van der Waals surface area contributed by atoms with Crippen LogP contribution in [0, 0.1) is 0 Å². The molecule has 12 heavy (non-hydrogen) atoms. The molecule has 1 fully saturated rings. The highest BCUT2D eigenvalue weighted by molar-refractivity contribution is 5.71. The number of rotatable bonds is 1. The van der Waals surface area contributed by atoms with Crippen molar-refractivity contribution in [1.29, 1.82) is 0 Å². The molecule has 0 unspecified atom stereocenters. The lowest BCUT2D eigenvalue weighted by Crippen LogP contribution is -2.54. The van der Waals surface area contributed by atoms with Gasteiger partial charge < -0.3 is 4.90 Å². The van der Waals surface area contributed by atoms with Crippen LogP contribution < -0.4 is 10.9 Å². The van der Waals surface area contributed by atoms with Crippen molar-refractivity contribution in [2.75, 3.05) is 33.2 Å². The van der Waals surface area contributed by atoms with E-state index < -0.39 is 6.03 Å². The van der Waals surface area contributed by atoms with Gasteiger partial charge in [0.1, 0.15) is 0 Å². The van der Waals surface area contributed by atoms with Crippen molar-refractivity contribution in [1.82, 2.24) is 20.8 Å². The third-order valence-corrected chi connectivity index (χ3v) is 1.86. The molecule has 2 amide bonds. The molecule has 1 aliphatic rings. The van der Waals surface area contributed by atoms with Gasteiger partial charge in [0, 0.05) is 26.2 Å². The average molecular weight is 174 g/mol. The lowest BCUT2D eigenvalue weighted by atomic mass is 10.4. The van der Waals surface area contributed by atoms with E-state index in [-0.39, 0.29) is 0 Å². The number of nitrogens with zero attached hydrogens (tertiary/aromatic N) is 2. The van der Waals surface area contributed by atoms with E-state index in [9.17, 15) is 4.79 Å². The number of carbonyl (C=O) groups excluding carboxylic acids is 1. The smallest absolute Gasteiger partial charge is 0.304 e. The Morgan fingerprint density at radius 1 is 1.33 bits per heavy atom. The van der Waals surface area contributed by atoms with E-state index in [1.165, 1.54) is 5.48 Å². The summed E-state index contributed by atoms with van der Waals surface area (Å²) in [7, 11) is 2.03. The molecule has 6 nitrogen and oxygen atoms in total. The summed E-state index contributed by atoms with van der Waals surface area (Å²) in [6, 6.07) is -0.584. The first-order valence-corrected chi connectivity index (χ1v) is 3.86. The zero-order valence-electron chi connectivity index (χ0n) is 7.08. The van der Waals surface area contributed by atoms with Crippen molar-refractivity contribution in [3.8, 4) is 0 Å². The van der Waals surface area contributed by atoms with Crippen molar-refractivity contribution in [3.05, 3.63) is 0 Å². The summed E-state index contributed by atoms with van der Waals surface area (Å²) in [5, 5.41) is 9.99. The van der Waals surface area contributed by atoms with Crippen LogP contribution >= 0.6 is 0 Å². The molecule has 1 rings (SSSR count). The Hall–Kier alpha value is -0.850. The molecule has 0 aliphatic carbocycles. The first kappa shape index (κ1) is 9.24. The van der Waals surface area contributed by atoms with Gasteiger partial charge in [-0.1, -0.05) is 0 Å². The van der Waals surface area contributed by atoms with Gasteiger partial charge in [0.25, 0.3) is 0 Å². The third-order valence-electron chi connectivity index (χ3n) is 1.86. The number of amides is 2. The van der Waals surface area contributed by atoms with Crippen LogP contribution in [0.4, 0.5) is 4.79 Å². The number of hydroxylamine groups is 1. The molecular weight excluding hydrogens is 160 g/mol. The van der Waals surface area contributed by atoms with Gasteiger partial charge in [-0.25, -0.2) is 15.3 Å². The fraction of sp³-hybridized carbons (Fsp3) is 0.833. The first-order valence-electron chi connectivity index (χ1n) is 3.86. The molecule has 1 heterocycles. The largest absolute Gasteiger partial charge is 0.353 e. The lowest BCUT2D eigenvalue weighted by molar-refractivity contribution is 0.0934. The molecule has 6 heteroatoms. The minimum absolute atomic E-state index is 0.584. The highest BCUT2D eigenvalue weighted by Crippen LogP contribution is 1.94. The van der Waals surface area contributed by atoms with Gasteiger partial charge in [-0.15, -0.1) is 0 Å². The highest BCUT2D eigenvalue weighted by Gasteiger charge is 2.14. The summed E-state index contributed by atoms with van der Waals surface area (Å²) in [5.74, 6) is 0. The second kappa shape index (κ2) is 4.24. The van der Waals surface area contributed by atoms with Gasteiger partial charge in [-0.3, -0.25) is 10.6 Å². The van der Waals surface area contributed by atoms with Crippen LogP contribution in [0.3, 0.4) is 0 Å². The Bertz CT molecular complexity index is 156. The summed E-state index contributed by atoms with van der Waals surface area (Å²) >= 11 is 0. The quantitative estimate of drug-likeness (QED) is 0.346. The lowest BCUT2D eigenvalue weighted by Gasteiger charge is -2.31. The normalized spacial score (nSPS) is 20.5. The standard InChI is InChI=1S/C6H14N4O2/c1-9-2-4-10(5-3-9)7-6(11)8-12/h12H,2-5H2,1H3,(H2,7,8,11). The van der Waals surface area contributed by atoms with Crippen molar-refractivity contribution >= 4 is 6.03 Å². The maximum absolute atomic E-state index is 10.6. The third kappa shape index (κ3) is 2.65. The van der Waals surface area contributed by atoms with Crippen LogP contribution in [-0.4, -0.2) is 54.4 Å². The Morgan fingerprint density at radius 2 is 1.92 bits per heavy atom. The van der Waals surface area contributed by atoms with E-state index in [1.54, 1.807) is 5.01 Å². The predicted molar refractivity (Wildman–Crippen MR) is 42.5 cm³/mol. The second-order valence-corrected chi connectivity index (χ2v) is 2.84. The van der Waals surface area contributed by atoms with Gasteiger partial charge in [0.2, 0.25) is 0 Å². The number of nitrogens with one attached hydrogen (secondary N) is 2. The zero-order valence-corrected chi connectivity index (χ0v) is 7.08. The van der Waals surface area contributed by atoms with Crippen molar-refractivity contribution < 1.29 is 10.0 Å². The average Bonchev–Trinajstić information content (AvgIpc) is 2.09. The maximum Gasteiger partial charge on any atom is 0.353 e. The first-order chi connectivity index (χ1) is 5.72. The number of piperazine rings is 1. The van der Waals surface area contributed by atoms with Crippen LogP contribution in [0.5, 0.6) is 0 Å². The van der Waals surface area contributed by atoms with Crippen LogP contribution in [0.25, 0.3) is 0 Å². The fourth-order valence-electron chi connectivity index (χ4n) is 1.09. The molecule has 0 saturated carbocycles. The Balaban J connectivity index is 2.21. The van der Waals surface area contributed by atoms with E-state index in [2.05, 4.69) is 10.3 Å². The number of likely N-dealkylation sites (N-methyl/N-ethyl adjacent to an activating group) is 1. The summed E-state index contributed by atoms with van der Waals surface area (Å²) in [4.78, 5) is 12.8. The molecule has 0 spiro atoms. The molecule has 3 N–H and O–H groups in total. The Labute approximate surface area is 71.1 Å². The summed E-state index contributed by atoms with van der Waals surface area (Å²) in [6.45, 7) is 3.41. The van der Waals surface area contributed by atoms with Gasteiger partial charge in [0.15, 0.2) is 0 Å². The van der Waals surface area contributed by atoms with E-state index in [1.807, 2.05) is 7.05 Å². The number of urea groups is 1. The van der Waals surface area contributed by atoms with Crippen molar-refractivity contribution in [2.24, 2.45) is 0 Å². The SMILES string of the molecule is CN1CCN(NC(=O)NO)CC1. The predicted octanol–water partition coefficient (Wildman–Crippen LogP) is -1.16. The molecule has 70 valence electrons. The topological polar surface area (TPSA) is 67.8 Å². The molecule has 0 bridgehead atoms. The van der Waals surface area contributed by atoms with E-state index in [4.69, 9.17) is 5.21 Å². The minimum Gasteiger partial charge on any atom is -0.304 e. The fourth-order valence-corrected chi connectivity index (χ4v) is 1.09. The van der Waals surface area contributed by atoms with E-state index >= 15 is 0 Å². The van der Waals surface area contributed by atoms with Crippen LogP contribution in [-0.2, 0) is 0 Å². The van der Waals surface area contributed by atoms with Gasteiger partial charge in [-0.05, 0) is 7.05 Å². The number of hydrazine groups is 1. The van der Waals surface area contributed by atoms with E-state index in [0.717, 1.165) is 26.2 Å². The van der Waals surface area contributed by atoms with Gasteiger partial charge in [-0.2, -0.15) is 0 Å². The summed E-state index contributed by atoms with van der Waals surface area (Å²) in [5.41, 5.74) is 4.01. The number of hydrogen-bond acceptors (Lipinski definition) is 4. The van der Waals surface area contributed by atoms with Crippen LogP contribution in [0.1, 0.15) is 0 Å². The van der Waals surface area contributed by atoms with Crippen molar-refractivity contribution in [2.45, 2.75) is 0 Å². The van der Waals surface area contributed by atoms with Crippen molar-refractivity contribution in [3.63, 3.8) is 0 Å². The minimum atomic E-state index is -0.584. The zero-order chi connectivity index (χ0) is 8.97. The summed E-state index contributed by atoms with van der Waals surface area (Å²) in [6.07, 6.45) is 0. The summed E-state index contributed by atoms with van der Waals surface area (Å²) < 4.78 is 0. The number of hydrogen-bond donors (Lipinski definition) is 3. The monoisotopic (exact) mass is 174 g/mol. The second-order valence-electron chi connectivity index (χ2n) is 2.84. The Kier molecular flexibility index (Phi) is 3.27. The number of carbonyl (C=O) groups is 1. The molecule has 0 aromatic rings.